The molecule has 3 aromatic rings. The Bertz CT molecular complexity index is 1830. The number of nitrogens with zero attached hydrogens (tertiary/aromatic N) is 3. The van der Waals surface area contributed by atoms with Crippen molar-refractivity contribution in [2.45, 2.75) is 95.9 Å². The second kappa shape index (κ2) is 14.5. The van der Waals surface area contributed by atoms with Gasteiger partial charge in [0.05, 0.1) is 44.0 Å². The Morgan fingerprint density at radius 1 is 1.10 bits per heavy atom. The highest BCUT2D eigenvalue weighted by molar-refractivity contribution is 7.13. The average Bonchev–Trinajstić information content (AvgIpc) is 3.35. The van der Waals surface area contributed by atoms with Gasteiger partial charge in [-0.05, 0) is 76.0 Å². The molecule has 1 saturated heterocycles. The summed E-state index contributed by atoms with van der Waals surface area (Å²) in [6.07, 6.45) is 6.11. The highest BCUT2D eigenvalue weighted by Crippen LogP contribution is 2.57. The number of carbonyl (C=O) groups excluding carboxylic acids is 3. The SMILES string of the molecule is CC(C)(C)OC(=O)N[C@H]1CCCCC/C=C\[C@@H]2C[C@@]2(C(=O)O)CC(=O)[C@@H]2CC(Oc3nc4cc(Cl)c(Cl)cc4nc3-c3cccs3)CN2C1=O. The van der Waals surface area contributed by atoms with Gasteiger partial charge in [0.1, 0.15) is 23.4 Å². The number of fused-ring (bicyclic) bond motifs is 3. The summed E-state index contributed by atoms with van der Waals surface area (Å²) < 4.78 is 12.0. The van der Waals surface area contributed by atoms with Crippen LogP contribution < -0.4 is 10.1 Å². The number of carbonyl (C=O) groups is 4. The monoisotopic (exact) mass is 742 g/mol. The number of Topliss-reactive ketones (excluding diaryl/α,β-unsaturated/α-hetero) is 1. The van der Waals surface area contributed by atoms with Crippen molar-refractivity contribution in [1.82, 2.24) is 20.2 Å². The topological polar surface area (TPSA) is 148 Å². The standard InChI is InChI=1S/C36H40Cl2N4O7S/c1-35(2,3)49-34(47)41-24-11-8-6-4-5-7-10-20-17-36(20,33(45)46)18-28(43)27-14-21(19-42(27)32(24)44)48-31-30(29-12-9-13-50-29)39-25-15-22(37)23(38)16-26(25)40-31/h7,9-10,12-13,15-16,20-21,24,27H,4-6,8,11,14,17-19H2,1-3H3,(H,41,47)(H,45,46)/b10-7-/t20-,21?,24+,27+,36-/m1/s1. The first-order valence-corrected chi connectivity index (χ1v) is 18.5. The Hall–Kier alpha value is -3.74. The third kappa shape index (κ3) is 7.92. The molecule has 5 atom stereocenters. The summed E-state index contributed by atoms with van der Waals surface area (Å²) in [7, 11) is 0. The summed E-state index contributed by atoms with van der Waals surface area (Å²) in [6.45, 7) is 5.22. The van der Waals surface area contributed by atoms with Gasteiger partial charge in [-0.25, -0.2) is 14.8 Å². The van der Waals surface area contributed by atoms with E-state index in [2.05, 4.69) is 5.32 Å². The largest absolute Gasteiger partial charge is 0.481 e. The van der Waals surface area contributed by atoms with E-state index in [0.29, 0.717) is 46.0 Å². The number of rotatable bonds is 5. The van der Waals surface area contributed by atoms with E-state index < -0.39 is 47.2 Å². The van der Waals surface area contributed by atoms with Crippen molar-refractivity contribution >= 4 is 69.3 Å². The molecule has 50 heavy (non-hydrogen) atoms. The van der Waals surface area contributed by atoms with Gasteiger partial charge in [0.25, 0.3) is 0 Å². The van der Waals surface area contributed by atoms with E-state index in [1.807, 2.05) is 29.7 Å². The lowest BCUT2D eigenvalue weighted by Crippen LogP contribution is -2.52. The van der Waals surface area contributed by atoms with Crippen LogP contribution in [0.4, 0.5) is 4.79 Å². The van der Waals surface area contributed by atoms with Gasteiger partial charge in [-0.3, -0.25) is 14.4 Å². The summed E-state index contributed by atoms with van der Waals surface area (Å²) in [5.41, 5.74) is -0.565. The lowest BCUT2D eigenvalue weighted by atomic mass is 9.92. The van der Waals surface area contributed by atoms with Crippen LogP contribution in [0.3, 0.4) is 0 Å². The molecule has 2 aliphatic heterocycles. The zero-order valence-corrected chi connectivity index (χ0v) is 30.4. The Morgan fingerprint density at radius 3 is 2.52 bits per heavy atom. The molecule has 11 nitrogen and oxygen atoms in total. The van der Waals surface area contributed by atoms with Crippen LogP contribution in [0.5, 0.6) is 5.88 Å². The smallest absolute Gasteiger partial charge is 0.408 e. The maximum atomic E-state index is 14.4. The maximum absolute atomic E-state index is 14.4. The minimum Gasteiger partial charge on any atom is -0.481 e. The van der Waals surface area contributed by atoms with Crippen molar-refractivity contribution in [3.8, 4) is 16.5 Å². The molecular formula is C36H40Cl2N4O7S. The predicted octanol–water partition coefficient (Wildman–Crippen LogP) is 7.48. The quantitative estimate of drug-likeness (QED) is 0.254. The van der Waals surface area contributed by atoms with Crippen LogP contribution in [-0.2, 0) is 19.1 Å². The van der Waals surface area contributed by atoms with E-state index in [4.69, 9.17) is 42.6 Å². The molecule has 2 N–H and O–H groups in total. The predicted molar refractivity (Wildman–Crippen MR) is 191 cm³/mol. The molecule has 3 aliphatic rings. The number of hydrogen-bond donors (Lipinski definition) is 2. The van der Waals surface area contributed by atoms with Crippen molar-refractivity contribution in [2.75, 3.05) is 6.54 Å². The minimum absolute atomic E-state index is 0.0100. The van der Waals surface area contributed by atoms with Crippen molar-refractivity contribution in [3.63, 3.8) is 0 Å². The number of halogens is 2. The second-order valence-corrected chi connectivity index (χ2v) is 16.0. The zero-order valence-electron chi connectivity index (χ0n) is 28.1. The maximum Gasteiger partial charge on any atom is 0.408 e. The fraction of sp³-hybridized carbons (Fsp3) is 0.500. The van der Waals surface area contributed by atoms with E-state index in [1.54, 1.807) is 32.9 Å². The Labute approximate surface area is 304 Å². The normalized spacial score (nSPS) is 26.7. The number of benzene rings is 1. The summed E-state index contributed by atoms with van der Waals surface area (Å²) in [5.74, 6) is -1.89. The average molecular weight is 744 g/mol. The number of aromatic nitrogens is 2. The van der Waals surface area contributed by atoms with E-state index in [9.17, 15) is 24.3 Å². The number of carboxylic acids is 1. The summed E-state index contributed by atoms with van der Waals surface area (Å²) in [5, 5.41) is 15.5. The highest BCUT2D eigenvalue weighted by Gasteiger charge is 2.61. The van der Waals surface area contributed by atoms with E-state index >= 15 is 0 Å². The molecular weight excluding hydrogens is 703 g/mol. The molecule has 14 heteroatoms. The third-order valence-corrected chi connectivity index (χ3v) is 11.0. The van der Waals surface area contributed by atoms with E-state index in [0.717, 1.165) is 24.1 Å². The van der Waals surface area contributed by atoms with E-state index in [-0.39, 0.29) is 37.0 Å². The van der Waals surface area contributed by atoms with Gasteiger partial charge in [0.2, 0.25) is 11.8 Å². The summed E-state index contributed by atoms with van der Waals surface area (Å²) >= 11 is 14.0. The lowest BCUT2D eigenvalue weighted by Gasteiger charge is -2.30. The number of carboxylic acid groups (broad SMARTS) is 1. The molecule has 1 unspecified atom stereocenters. The second-order valence-electron chi connectivity index (χ2n) is 14.3. The number of aliphatic carboxylic acids is 1. The van der Waals surface area contributed by atoms with Crippen molar-refractivity contribution < 1.29 is 33.8 Å². The number of allylic oxidation sites excluding steroid dienone is 2. The number of ketones is 1. The minimum atomic E-state index is -1.22. The Morgan fingerprint density at radius 2 is 1.84 bits per heavy atom. The number of hydrogen-bond acceptors (Lipinski definition) is 9. The number of alkyl carbamates (subject to hydrolysis) is 1. The van der Waals surface area contributed by atoms with Gasteiger partial charge < -0.3 is 24.8 Å². The fourth-order valence-corrected chi connectivity index (χ4v) is 7.80. The van der Waals surface area contributed by atoms with Crippen LogP contribution in [0.15, 0.2) is 41.8 Å². The first-order chi connectivity index (χ1) is 23.7. The van der Waals surface area contributed by atoms with E-state index in [1.165, 1.54) is 16.2 Å². The molecule has 2 fully saturated rings. The molecule has 4 heterocycles. The first-order valence-electron chi connectivity index (χ1n) is 16.8. The molecule has 2 amide bonds. The molecule has 2 aromatic heterocycles. The molecule has 1 saturated carbocycles. The van der Waals surface area contributed by atoms with Gasteiger partial charge in [0.15, 0.2) is 5.78 Å². The van der Waals surface area contributed by atoms with Crippen LogP contribution >= 0.6 is 34.5 Å². The summed E-state index contributed by atoms with van der Waals surface area (Å²) in [4.78, 5) is 65.7. The van der Waals surface area contributed by atoms with Gasteiger partial charge in [-0.15, -0.1) is 11.3 Å². The molecule has 1 aliphatic carbocycles. The Kier molecular flexibility index (Phi) is 10.4. The first kappa shape index (κ1) is 36.1. The lowest BCUT2D eigenvalue weighted by molar-refractivity contribution is -0.147. The zero-order chi connectivity index (χ0) is 35.8. The fourth-order valence-electron chi connectivity index (χ4n) is 6.78. The van der Waals surface area contributed by atoms with Gasteiger partial charge in [0, 0.05) is 12.8 Å². The molecule has 0 spiro atoms. The number of nitrogens with one attached hydrogen (secondary N) is 1. The Balaban J connectivity index is 1.34. The highest BCUT2D eigenvalue weighted by atomic mass is 35.5. The van der Waals surface area contributed by atoms with Crippen molar-refractivity contribution in [2.24, 2.45) is 11.3 Å². The number of thiophene rings is 1. The van der Waals surface area contributed by atoms with Gasteiger partial charge in [-0.1, -0.05) is 54.3 Å². The van der Waals surface area contributed by atoms with Crippen LogP contribution in [-0.4, -0.2) is 74.1 Å². The molecule has 6 rings (SSSR count). The van der Waals surface area contributed by atoms with Crippen LogP contribution in [0.1, 0.15) is 72.1 Å². The summed E-state index contributed by atoms with van der Waals surface area (Å²) in [6, 6.07) is 5.05. The van der Waals surface area contributed by atoms with Crippen LogP contribution in [0.2, 0.25) is 10.0 Å². The van der Waals surface area contributed by atoms with Gasteiger partial charge >= 0.3 is 12.1 Å². The molecule has 0 radical (unpaired) electrons. The molecule has 0 bridgehead atoms. The molecule has 1 aromatic carbocycles. The number of ether oxygens (including phenoxy) is 2. The van der Waals surface area contributed by atoms with Crippen LogP contribution in [0.25, 0.3) is 21.6 Å². The third-order valence-electron chi connectivity index (χ3n) is 9.40. The van der Waals surface area contributed by atoms with Crippen LogP contribution in [0, 0.1) is 11.3 Å². The number of amides is 2. The van der Waals surface area contributed by atoms with Crippen molar-refractivity contribution in [1.29, 1.82) is 0 Å². The van der Waals surface area contributed by atoms with Gasteiger partial charge in [-0.2, -0.15) is 0 Å². The molecule has 266 valence electrons. The van der Waals surface area contributed by atoms with Crippen molar-refractivity contribution in [3.05, 3.63) is 51.8 Å².